The molecule has 8 heteroatoms. The summed E-state index contributed by atoms with van der Waals surface area (Å²) in [5.41, 5.74) is 0. The second-order valence-corrected chi connectivity index (χ2v) is 7.88. The summed E-state index contributed by atoms with van der Waals surface area (Å²) >= 11 is 0. The van der Waals surface area contributed by atoms with E-state index in [9.17, 15) is 8.42 Å². The maximum Gasteiger partial charge on any atom is 0.247 e. The van der Waals surface area contributed by atoms with E-state index in [0.29, 0.717) is 17.2 Å². The molecule has 0 N–H and O–H groups in total. The molecule has 0 bridgehead atoms. The first-order valence-electron chi connectivity index (χ1n) is 8.60. The monoisotopic (exact) mass is 393 g/mol. The lowest BCUT2D eigenvalue weighted by Crippen LogP contribution is -2.43. The van der Waals surface area contributed by atoms with Gasteiger partial charge in [-0.15, -0.1) is 0 Å². The van der Waals surface area contributed by atoms with Gasteiger partial charge in [0.1, 0.15) is 29.1 Å². The van der Waals surface area contributed by atoms with Gasteiger partial charge >= 0.3 is 0 Å². The minimum Gasteiger partial charge on any atom is -0.497 e. The Morgan fingerprint density at radius 1 is 1.11 bits per heavy atom. The zero-order valence-corrected chi connectivity index (χ0v) is 16.4. The van der Waals surface area contributed by atoms with Crippen molar-refractivity contribution in [2.45, 2.75) is 17.9 Å². The lowest BCUT2D eigenvalue weighted by molar-refractivity contribution is 0.0771. The molecule has 0 amide bonds. The van der Waals surface area contributed by atoms with Crippen molar-refractivity contribution in [2.24, 2.45) is 0 Å². The molecular weight excluding hydrogens is 370 g/mol. The fourth-order valence-corrected chi connectivity index (χ4v) is 4.55. The van der Waals surface area contributed by atoms with Gasteiger partial charge in [-0.1, -0.05) is 19.1 Å². The van der Waals surface area contributed by atoms with E-state index in [1.165, 1.54) is 24.6 Å². The van der Waals surface area contributed by atoms with Crippen LogP contribution in [0.2, 0.25) is 0 Å². The van der Waals surface area contributed by atoms with Crippen LogP contribution >= 0.6 is 0 Å². The smallest absolute Gasteiger partial charge is 0.247 e. The molecule has 0 fully saturated rings. The third-order valence-electron chi connectivity index (χ3n) is 4.32. The average molecular weight is 393 g/mol. The maximum absolute atomic E-state index is 13.2. The van der Waals surface area contributed by atoms with Crippen molar-refractivity contribution in [3.63, 3.8) is 0 Å². The molecule has 2 aromatic rings. The highest BCUT2D eigenvalue weighted by Crippen LogP contribution is 2.33. The maximum atomic E-state index is 13.2. The second kappa shape index (κ2) is 8.06. The number of methoxy groups -OCH3 is 2. The van der Waals surface area contributed by atoms with Crippen LogP contribution in [0.4, 0.5) is 0 Å². The quantitative estimate of drug-likeness (QED) is 0.720. The molecular formula is C19H23NO6S. The molecule has 0 aromatic heterocycles. The second-order valence-electron chi connectivity index (χ2n) is 5.97. The third-order valence-corrected chi connectivity index (χ3v) is 6.28. The summed E-state index contributed by atoms with van der Waals surface area (Å²) in [6, 6.07) is 12.0. The van der Waals surface area contributed by atoms with E-state index in [-0.39, 0.29) is 30.3 Å². The summed E-state index contributed by atoms with van der Waals surface area (Å²) in [6.07, 6.45) is -0.411. The molecule has 0 spiro atoms. The molecule has 0 saturated heterocycles. The molecule has 0 aliphatic carbocycles. The van der Waals surface area contributed by atoms with Crippen molar-refractivity contribution < 1.29 is 27.4 Å². The van der Waals surface area contributed by atoms with E-state index in [1.54, 1.807) is 25.1 Å². The van der Waals surface area contributed by atoms with E-state index >= 15 is 0 Å². The largest absolute Gasteiger partial charge is 0.497 e. The van der Waals surface area contributed by atoms with Gasteiger partial charge in [0.2, 0.25) is 10.0 Å². The lowest BCUT2D eigenvalue weighted by Gasteiger charge is -2.30. The van der Waals surface area contributed by atoms with Crippen LogP contribution in [-0.4, -0.2) is 52.7 Å². The number of hydrogen-bond donors (Lipinski definition) is 0. The fourth-order valence-electron chi connectivity index (χ4n) is 2.90. The molecule has 1 aliphatic rings. The standard InChI is InChI=1S/C19H23NO6S/c1-4-20(12-15-13-25-16-7-5-6-8-17(16)26-15)27(21,22)19-11-14(23-2)9-10-18(19)24-3/h5-11,15H,4,12-13H2,1-3H3/t15-/m1/s1. The molecule has 0 radical (unpaired) electrons. The minimum atomic E-state index is -3.81. The summed E-state index contributed by atoms with van der Waals surface area (Å²) in [5, 5.41) is 0. The SMILES string of the molecule is CCN(C[C@@H]1COc2ccccc2O1)S(=O)(=O)c1cc(OC)ccc1OC. The van der Waals surface area contributed by atoms with Gasteiger partial charge in [0.25, 0.3) is 0 Å². The number of benzene rings is 2. The Morgan fingerprint density at radius 2 is 1.85 bits per heavy atom. The molecule has 1 atom stereocenters. The van der Waals surface area contributed by atoms with Crippen molar-refractivity contribution in [3.8, 4) is 23.0 Å². The van der Waals surface area contributed by atoms with Crippen molar-refractivity contribution in [1.82, 2.24) is 4.31 Å². The van der Waals surface area contributed by atoms with Gasteiger partial charge in [0.15, 0.2) is 11.5 Å². The highest BCUT2D eigenvalue weighted by atomic mass is 32.2. The predicted octanol–water partition coefficient (Wildman–Crippen LogP) is 2.55. The molecule has 146 valence electrons. The van der Waals surface area contributed by atoms with Gasteiger partial charge in [0, 0.05) is 12.6 Å². The van der Waals surface area contributed by atoms with Gasteiger partial charge < -0.3 is 18.9 Å². The number of nitrogens with zero attached hydrogens (tertiary/aromatic N) is 1. The highest BCUT2D eigenvalue weighted by molar-refractivity contribution is 7.89. The van der Waals surface area contributed by atoms with E-state index in [2.05, 4.69) is 0 Å². The summed E-state index contributed by atoms with van der Waals surface area (Å²) in [5.74, 6) is 1.98. The molecule has 0 unspecified atom stereocenters. The van der Waals surface area contributed by atoms with Gasteiger partial charge in [-0.05, 0) is 24.3 Å². The molecule has 7 nitrogen and oxygen atoms in total. The number of rotatable bonds is 7. The average Bonchev–Trinajstić information content (AvgIpc) is 2.71. The predicted molar refractivity (Wildman–Crippen MR) is 100 cm³/mol. The Hall–Kier alpha value is -2.45. The highest BCUT2D eigenvalue weighted by Gasteiger charge is 2.31. The number of fused-ring (bicyclic) bond motifs is 1. The number of sulfonamides is 1. The first kappa shape index (κ1) is 19.3. The molecule has 27 heavy (non-hydrogen) atoms. The fraction of sp³-hybridized carbons (Fsp3) is 0.368. The van der Waals surface area contributed by atoms with E-state index in [0.717, 1.165) is 0 Å². The van der Waals surface area contributed by atoms with Crippen molar-refractivity contribution in [2.75, 3.05) is 33.9 Å². The zero-order chi connectivity index (χ0) is 19.4. The number of likely N-dealkylation sites (N-methyl/N-ethyl adjacent to an activating group) is 1. The summed E-state index contributed by atoms with van der Waals surface area (Å²) in [4.78, 5) is 0.0586. The number of para-hydroxylation sites is 2. The van der Waals surface area contributed by atoms with Crippen molar-refractivity contribution in [1.29, 1.82) is 0 Å². The Bertz CT molecular complexity index is 899. The molecule has 0 saturated carbocycles. The van der Waals surface area contributed by atoms with Gasteiger partial charge in [-0.25, -0.2) is 8.42 Å². The van der Waals surface area contributed by atoms with Crippen LogP contribution in [0, 0.1) is 0 Å². The van der Waals surface area contributed by atoms with Gasteiger partial charge in [0.05, 0.1) is 20.8 Å². The van der Waals surface area contributed by atoms with Crippen LogP contribution < -0.4 is 18.9 Å². The third kappa shape index (κ3) is 3.96. The number of hydrogen-bond acceptors (Lipinski definition) is 6. The van der Waals surface area contributed by atoms with Crippen molar-refractivity contribution >= 4 is 10.0 Å². The zero-order valence-electron chi connectivity index (χ0n) is 15.5. The molecule has 3 rings (SSSR count). The van der Waals surface area contributed by atoms with Crippen LogP contribution in [0.5, 0.6) is 23.0 Å². The Labute approximate surface area is 159 Å². The molecule has 1 aliphatic heterocycles. The van der Waals surface area contributed by atoms with Crippen LogP contribution in [0.15, 0.2) is 47.4 Å². The molecule has 2 aromatic carbocycles. The van der Waals surface area contributed by atoms with Gasteiger partial charge in [-0.3, -0.25) is 0 Å². The summed E-state index contributed by atoms with van der Waals surface area (Å²) in [6.45, 7) is 2.50. The number of ether oxygens (including phenoxy) is 4. The topological polar surface area (TPSA) is 74.3 Å². The Balaban J connectivity index is 1.85. The Kier molecular flexibility index (Phi) is 5.76. The van der Waals surface area contributed by atoms with Crippen LogP contribution in [-0.2, 0) is 10.0 Å². The van der Waals surface area contributed by atoms with E-state index < -0.39 is 16.1 Å². The van der Waals surface area contributed by atoms with E-state index in [1.807, 2.05) is 18.2 Å². The lowest BCUT2D eigenvalue weighted by atomic mass is 10.2. The molecule has 1 heterocycles. The normalized spacial score (nSPS) is 16.2. The first-order chi connectivity index (χ1) is 13.0. The Morgan fingerprint density at radius 3 is 2.52 bits per heavy atom. The summed E-state index contributed by atoms with van der Waals surface area (Å²) in [7, 11) is -0.887. The van der Waals surface area contributed by atoms with Crippen molar-refractivity contribution in [3.05, 3.63) is 42.5 Å². The first-order valence-corrected chi connectivity index (χ1v) is 10.0. The van der Waals surface area contributed by atoms with Crippen LogP contribution in [0.3, 0.4) is 0 Å². The van der Waals surface area contributed by atoms with Crippen LogP contribution in [0.1, 0.15) is 6.92 Å². The van der Waals surface area contributed by atoms with Gasteiger partial charge in [-0.2, -0.15) is 4.31 Å². The summed E-state index contributed by atoms with van der Waals surface area (Å²) < 4.78 is 49.8. The van der Waals surface area contributed by atoms with Crippen LogP contribution in [0.25, 0.3) is 0 Å². The minimum absolute atomic E-state index is 0.0586. The van der Waals surface area contributed by atoms with E-state index in [4.69, 9.17) is 18.9 Å².